The summed E-state index contributed by atoms with van der Waals surface area (Å²) in [6.45, 7) is 5.46. The summed E-state index contributed by atoms with van der Waals surface area (Å²) in [5.41, 5.74) is 1.13. The van der Waals surface area contributed by atoms with E-state index in [1.54, 1.807) is 12.1 Å². The van der Waals surface area contributed by atoms with Crippen LogP contribution in [-0.2, 0) is 9.53 Å². The van der Waals surface area contributed by atoms with Gasteiger partial charge in [0.05, 0.1) is 13.2 Å². The highest BCUT2D eigenvalue weighted by molar-refractivity contribution is 5.76. The van der Waals surface area contributed by atoms with Gasteiger partial charge in [-0.15, -0.1) is 0 Å². The number of carbonyl (C=O) groups excluding carboxylic acids is 1. The smallest absolute Gasteiger partial charge is 0.224 e. The lowest BCUT2D eigenvalue weighted by molar-refractivity contribution is -0.135. The van der Waals surface area contributed by atoms with E-state index in [1.165, 1.54) is 0 Å². The minimum absolute atomic E-state index is 0.186. The van der Waals surface area contributed by atoms with Crippen molar-refractivity contribution < 1.29 is 14.6 Å². The number of nitrogens with one attached hydrogen (secondary N) is 1. The molecule has 5 nitrogen and oxygen atoms in total. The van der Waals surface area contributed by atoms with E-state index in [2.05, 4.69) is 12.2 Å². The van der Waals surface area contributed by atoms with Gasteiger partial charge in [0.1, 0.15) is 5.75 Å². The van der Waals surface area contributed by atoms with Crippen molar-refractivity contribution in [2.24, 2.45) is 0 Å². The van der Waals surface area contributed by atoms with Gasteiger partial charge in [-0.1, -0.05) is 19.1 Å². The number of rotatable bonds is 6. The molecule has 116 valence electrons. The predicted molar refractivity (Wildman–Crippen MR) is 81.2 cm³/mol. The molecule has 1 saturated heterocycles. The molecule has 1 unspecified atom stereocenters. The highest BCUT2D eigenvalue weighted by Crippen LogP contribution is 2.19. The number of morpholine rings is 1. The minimum atomic E-state index is 0.186. The van der Waals surface area contributed by atoms with Gasteiger partial charge in [0.15, 0.2) is 0 Å². The normalized spacial score (nSPS) is 16.7. The fourth-order valence-corrected chi connectivity index (χ4v) is 2.53. The van der Waals surface area contributed by atoms with Crippen LogP contribution in [0.3, 0.4) is 0 Å². The average Bonchev–Trinajstić information content (AvgIpc) is 2.53. The maximum atomic E-state index is 12.0. The number of nitrogens with zero attached hydrogens (tertiary/aromatic N) is 1. The standard InChI is InChI=1S/C16H24N2O3/c1-2-15(13-3-5-14(19)6-4-13)17-8-7-16(20)18-9-11-21-12-10-18/h3-6,15,17,19H,2,7-12H2,1H3. The molecule has 1 amide bonds. The molecule has 1 aromatic rings. The highest BCUT2D eigenvalue weighted by atomic mass is 16.5. The number of amides is 1. The largest absolute Gasteiger partial charge is 0.508 e. The summed E-state index contributed by atoms with van der Waals surface area (Å²) in [5.74, 6) is 0.461. The quantitative estimate of drug-likeness (QED) is 0.837. The molecule has 0 radical (unpaired) electrons. The van der Waals surface area contributed by atoms with E-state index in [4.69, 9.17) is 4.74 Å². The van der Waals surface area contributed by atoms with E-state index in [9.17, 15) is 9.90 Å². The van der Waals surface area contributed by atoms with Crippen molar-refractivity contribution in [3.8, 4) is 5.75 Å². The van der Waals surface area contributed by atoms with Gasteiger partial charge in [0.25, 0.3) is 0 Å². The van der Waals surface area contributed by atoms with Gasteiger partial charge >= 0.3 is 0 Å². The molecule has 1 aliphatic rings. The van der Waals surface area contributed by atoms with Crippen LogP contribution in [0.4, 0.5) is 0 Å². The number of carbonyl (C=O) groups is 1. The molecule has 2 N–H and O–H groups in total. The van der Waals surface area contributed by atoms with Crippen molar-refractivity contribution in [1.82, 2.24) is 10.2 Å². The van der Waals surface area contributed by atoms with Crippen molar-refractivity contribution >= 4 is 5.91 Å². The first-order valence-electron chi connectivity index (χ1n) is 7.58. The maximum Gasteiger partial charge on any atom is 0.224 e. The van der Waals surface area contributed by atoms with E-state index in [1.807, 2.05) is 17.0 Å². The van der Waals surface area contributed by atoms with E-state index < -0.39 is 0 Å². The molecule has 0 bridgehead atoms. The van der Waals surface area contributed by atoms with Crippen LogP contribution in [0.2, 0.25) is 0 Å². The summed E-state index contributed by atoms with van der Waals surface area (Å²) in [7, 11) is 0. The zero-order chi connectivity index (χ0) is 15.1. The third-order valence-corrected chi connectivity index (χ3v) is 3.80. The first-order chi connectivity index (χ1) is 10.2. The lowest BCUT2D eigenvalue weighted by Gasteiger charge is -2.27. The van der Waals surface area contributed by atoms with Gasteiger partial charge in [0.2, 0.25) is 5.91 Å². The van der Waals surface area contributed by atoms with Gasteiger partial charge in [-0.25, -0.2) is 0 Å². The number of hydrogen-bond donors (Lipinski definition) is 2. The molecule has 0 aliphatic carbocycles. The van der Waals surface area contributed by atoms with Crippen molar-refractivity contribution in [3.05, 3.63) is 29.8 Å². The minimum Gasteiger partial charge on any atom is -0.508 e. The van der Waals surface area contributed by atoms with Gasteiger partial charge in [-0.3, -0.25) is 4.79 Å². The van der Waals surface area contributed by atoms with E-state index >= 15 is 0 Å². The summed E-state index contributed by atoms with van der Waals surface area (Å²) >= 11 is 0. The molecular weight excluding hydrogens is 268 g/mol. The van der Waals surface area contributed by atoms with Crippen LogP contribution in [0.1, 0.15) is 31.4 Å². The summed E-state index contributed by atoms with van der Waals surface area (Å²) in [6.07, 6.45) is 1.45. The molecule has 21 heavy (non-hydrogen) atoms. The Morgan fingerprint density at radius 3 is 2.62 bits per heavy atom. The van der Waals surface area contributed by atoms with Crippen molar-refractivity contribution in [1.29, 1.82) is 0 Å². The first-order valence-corrected chi connectivity index (χ1v) is 7.58. The predicted octanol–water partition coefficient (Wildman–Crippen LogP) is 1.68. The third-order valence-electron chi connectivity index (χ3n) is 3.80. The molecule has 1 heterocycles. The molecule has 1 aromatic carbocycles. The SMILES string of the molecule is CCC(NCCC(=O)N1CCOCC1)c1ccc(O)cc1. The molecule has 0 aromatic heterocycles. The van der Waals surface area contributed by atoms with Gasteiger partial charge in [-0.05, 0) is 24.1 Å². The molecule has 1 fully saturated rings. The zero-order valence-corrected chi connectivity index (χ0v) is 12.5. The molecule has 1 aliphatic heterocycles. The first kappa shape index (κ1) is 15.8. The second kappa shape index (κ2) is 8.00. The fraction of sp³-hybridized carbons (Fsp3) is 0.562. The number of phenols is 1. The fourth-order valence-electron chi connectivity index (χ4n) is 2.53. The summed E-state index contributed by atoms with van der Waals surface area (Å²) in [6, 6.07) is 7.43. The van der Waals surface area contributed by atoms with Crippen LogP contribution in [0.25, 0.3) is 0 Å². The van der Waals surface area contributed by atoms with Gasteiger partial charge in [-0.2, -0.15) is 0 Å². The lowest BCUT2D eigenvalue weighted by atomic mass is 10.0. The highest BCUT2D eigenvalue weighted by Gasteiger charge is 2.17. The van der Waals surface area contributed by atoms with E-state index in [-0.39, 0.29) is 17.7 Å². The lowest BCUT2D eigenvalue weighted by Crippen LogP contribution is -2.41. The zero-order valence-electron chi connectivity index (χ0n) is 12.5. The van der Waals surface area contributed by atoms with Crippen LogP contribution in [0.15, 0.2) is 24.3 Å². The Balaban J connectivity index is 1.77. The molecule has 5 heteroatoms. The molecule has 0 saturated carbocycles. The second-order valence-corrected chi connectivity index (χ2v) is 5.25. The van der Waals surface area contributed by atoms with Crippen molar-refractivity contribution in [2.75, 3.05) is 32.8 Å². The Morgan fingerprint density at radius 1 is 1.33 bits per heavy atom. The Kier molecular flexibility index (Phi) is 6.02. The van der Waals surface area contributed by atoms with Crippen LogP contribution >= 0.6 is 0 Å². The molecule has 1 atom stereocenters. The Morgan fingerprint density at radius 2 is 2.00 bits per heavy atom. The summed E-state index contributed by atoms with van der Waals surface area (Å²) in [4.78, 5) is 13.9. The molecule has 2 rings (SSSR count). The third kappa shape index (κ3) is 4.72. The summed E-state index contributed by atoms with van der Waals surface area (Å²) in [5, 5.41) is 12.7. The van der Waals surface area contributed by atoms with Crippen LogP contribution in [-0.4, -0.2) is 48.8 Å². The average molecular weight is 292 g/mol. The Hall–Kier alpha value is -1.59. The van der Waals surface area contributed by atoms with Gasteiger partial charge < -0.3 is 20.1 Å². The van der Waals surface area contributed by atoms with Crippen molar-refractivity contribution in [2.45, 2.75) is 25.8 Å². The second-order valence-electron chi connectivity index (χ2n) is 5.25. The van der Waals surface area contributed by atoms with E-state index in [0.717, 1.165) is 12.0 Å². The maximum absolute atomic E-state index is 12.0. The molecule has 0 spiro atoms. The van der Waals surface area contributed by atoms with Crippen molar-refractivity contribution in [3.63, 3.8) is 0 Å². The monoisotopic (exact) mass is 292 g/mol. The van der Waals surface area contributed by atoms with Crippen LogP contribution < -0.4 is 5.32 Å². The Bertz CT molecular complexity index is 441. The number of hydrogen-bond acceptors (Lipinski definition) is 4. The molecular formula is C16H24N2O3. The summed E-state index contributed by atoms with van der Waals surface area (Å²) < 4.78 is 5.25. The van der Waals surface area contributed by atoms with E-state index in [0.29, 0.717) is 39.3 Å². The number of phenolic OH excluding ortho intramolecular Hbond substituents is 1. The van der Waals surface area contributed by atoms with Crippen LogP contribution in [0.5, 0.6) is 5.75 Å². The topological polar surface area (TPSA) is 61.8 Å². The number of ether oxygens (including phenoxy) is 1. The van der Waals surface area contributed by atoms with Gasteiger partial charge in [0, 0.05) is 32.1 Å². The number of aromatic hydroxyl groups is 1. The van der Waals surface area contributed by atoms with Crippen LogP contribution in [0, 0.1) is 0 Å². The number of benzene rings is 1. The Labute approximate surface area is 125 Å².